The second kappa shape index (κ2) is 7.71. The van der Waals surface area contributed by atoms with Gasteiger partial charge in [0.15, 0.2) is 12.1 Å². The number of nitrogens with one attached hydrogen (secondary N) is 1. The van der Waals surface area contributed by atoms with Gasteiger partial charge in [0.2, 0.25) is 5.91 Å². The molecule has 11 heteroatoms. The van der Waals surface area contributed by atoms with Crippen LogP contribution in [0.3, 0.4) is 0 Å². The summed E-state index contributed by atoms with van der Waals surface area (Å²) < 4.78 is 18.5. The Hall–Kier alpha value is -3.53. The molecule has 0 radical (unpaired) electrons. The Morgan fingerprint density at radius 2 is 1.93 bits per heavy atom. The zero-order chi connectivity index (χ0) is 21.4. The van der Waals surface area contributed by atoms with Crippen LogP contribution >= 0.6 is 11.6 Å². The summed E-state index contributed by atoms with van der Waals surface area (Å²) in [6.07, 6.45) is 0. The van der Waals surface area contributed by atoms with Crippen LogP contribution < -0.4 is 15.0 Å². The zero-order valence-electron chi connectivity index (χ0n) is 15.6. The summed E-state index contributed by atoms with van der Waals surface area (Å²) in [5.74, 6) is -1.70. The summed E-state index contributed by atoms with van der Waals surface area (Å²) in [6, 6.07) is 8.09. The Labute approximate surface area is 175 Å². The van der Waals surface area contributed by atoms with Gasteiger partial charge in [-0.25, -0.2) is 9.29 Å². The lowest BCUT2D eigenvalue weighted by Gasteiger charge is -2.20. The molecule has 0 aromatic heterocycles. The molecule has 1 fully saturated rings. The third-order valence-corrected chi connectivity index (χ3v) is 4.99. The molecule has 1 saturated heterocycles. The van der Waals surface area contributed by atoms with Gasteiger partial charge < -0.3 is 10.1 Å². The summed E-state index contributed by atoms with van der Waals surface area (Å²) >= 11 is 5.76. The number of methoxy groups -OCH3 is 1. The Bertz CT molecular complexity index is 1060. The highest BCUT2D eigenvalue weighted by Gasteiger charge is 2.55. The van der Waals surface area contributed by atoms with Crippen molar-refractivity contribution in [2.75, 3.05) is 23.9 Å². The minimum atomic E-state index is -1.07. The number of halogens is 2. The lowest BCUT2D eigenvalue weighted by Crippen LogP contribution is -2.43. The van der Waals surface area contributed by atoms with Crippen LogP contribution in [0.5, 0.6) is 5.75 Å². The number of rotatable bonds is 5. The number of benzene rings is 2. The van der Waals surface area contributed by atoms with E-state index < -0.39 is 35.6 Å². The molecule has 0 aliphatic carbocycles. The van der Waals surface area contributed by atoms with Gasteiger partial charge in [0.05, 0.1) is 17.8 Å². The number of ether oxygens (including phenoxy) is 1. The quantitative estimate of drug-likeness (QED) is 0.732. The first-order valence-corrected chi connectivity index (χ1v) is 9.21. The first-order valence-electron chi connectivity index (χ1n) is 8.83. The molecule has 0 saturated carbocycles. The SMILES string of the molecule is COc1ccc(NC(=O)CN2N=N[C@@H]3C(=O)N(c4ccc(F)c(Cl)c4)C(=O)[C@H]32)cc1. The molecule has 2 aromatic rings. The maximum Gasteiger partial charge on any atom is 0.263 e. The molecule has 1 N–H and O–H groups in total. The highest BCUT2D eigenvalue weighted by molar-refractivity contribution is 6.32. The van der Waals surface area contributed by atoms with Crippen molar-refractivity contribution in [2.24, 2.45) is 10.3 Å². The van der Waals surface area contributed by atoms with Gasteiger partial charge in [0.25, 0.3) is 11.8 Å². The molecule has 3 amide bonds. The summed E-state index contributed by atoms with van der Waals surface area (Å²) in [5, 5.41) is 11.3. The van der Waals surface area contributed by atoms with Crippen molar-refractivity contribution >= 4 is 40.7 Å². The number of hydrogen-bond acceptors (Lipinski definition) is 7. The number of imide groups is 1. The van der Waals surface area contributed by atoms with E-state index in [1.165, 1.54) is 19.2 Å². The zero-order valence-corrected chi connectivity index (χ0v) is 16.3. The summed E-state index contributed by atoms with van der Waals surface area (Å²) in [7, 11) is 1.53. The second-order valence-corrected chi connectivity index (χ2v) is 6.99. The van der Waals surface area contributed by atoms with E-state index in [0.717, 1.165) is 16.0 Å². The lowest BCUT2D eigenvalue weighted by molar-refractivity contribution is -0.123. The van der Waals surface area contributed by atoms with Gasteiger partial charge in [-0.15, -0.1) is 0 Å². The van der Waals surface area contributed by atoms with E-state index in [2.05, 4.69) is 15.7 Å². The van der Waals surface area contributed by atoms with Gasteiger partial charge in [0, 0.05) is 5.69 Å². The molecule has 0 unspecified atom stereocenters. The fraction of sp³-hybridized carbons (Fsp3) is 0.211. The van der Waals surface area contributed by atoms with Gasteiger partial charge in [0.1, 0.15) is 18.1 Å². The highest BCUT2D eigenvalue weighted by Crippen LogP contribution is 2.33. The molecular weight excluding hydrogens is 417 g/mol. The molecule has 0 spiro atoms. The Morgan fingerprint density at radius 1 is 1.20 bits per heavy atom. The van der Waals surface area contributed by atoms with Gasteiger partial charge in [-0.3, -0.25) is 19.4 Å². The standard InChI is InChI=1S/C19H15ClFN5O4/c1-30-12-5-2-10(3-6-12)22-15(27)9-25-17-16(23-24-25)18(28)26(19(17)29)11-4-7-14(21)13(20)8-11/h2-8,16-17H,9H2,1H3,(H,22,27)/t16-,17-/m0/s1. The van der Waals surface area contributed by atoms with Crippen LogP contribution in [0.25, 0.3) is 0 Å². The molecule has 2 atom stereocenters. The van der Waals surface area contributed by atoms with Crippen molar-refractivity contribution in [3.05, 3.63) is 53.3 Å². The van der Waals surface area contributed by atoms with Crippen LogP contribution in [-0.2, 0) is 14.4 Å². The largest absolute Gasteiger partial charge is 0.497 e. The molecule has 30 heavy (non-hydrogen) atoms. The minimum Gasteiger partial charge on any atom is -0.497 e. The molecule has 2 aliphatic heterocycles. The van der Waals surface area contributed by atoms with E-state index in [-0.39, 0.29) is 17.3 Å². The van der Waals surface area contributed by atoms with E-state index in [1.54, 1.807) is 24.3 Å². The lowest BCUT2D eigenvalue weighted by atomic mass is 10.1. The summed E-state index contributed by atoms with van der Waals surface area (Å²) in [6.45, 7) is -0.284. The molecule has 2 aliphatic rings. The second-order valence-electron chi connectivity index (χ2n) is 6.58. The smallest absolute Gasteiger partial charge is 0.263 e. The van der Waals surface area contributed by atoms with E-state index in [4.69, 9.17) is 16.3 Å². The van der Waals surface area contributed by atoms with E-state index in [1.807, 2.05) is 0 Å². The van der Waals surface area contributed by atoms with E-state index in [0.29, 0.717) is 11.4 Å². The fourth-order valence-corrected chi connectivity index (χ4v) is 3.43. The monoisotopic (exact) mass is 431 g/mol. The van der Waals surface area contributed by atoms with Crippen molar-refractivity contribution < 1.29 is 23.5 Å². The first kappa shape index (κ1) is 19.8. The number of fused-ring (bicyclic) bond motifs is 1. The average molecular weight is 432 g/mol. The van der Waals surface area contributed by atoms with E-state index >= 15 is 0 Å². The summed E-state index contributed by atoms with van der Waals surface area (Å²) in [5.41, 5.74) is 0.661. The highest BCUT2D eigenvalue weighted by atomic mass is 35.5. The summed E-state index contributed by atoms with van der Waals surface area (Å²) in [4.78, 5) is 38.8. The number of nitrogens with zero attached hydrogens (tertiary/aromatic N) is 4. The molecule has 0 bridgehead atoms. The number of amides is 3. The van der Waals surface area contributed by atoms with Crippen molar-refractivity contribution in [3.8, 4) is 5.75 Å². The van der Waals surface area contributed by atoms with Crippen molar-refractivity contribution in [1.29, 1.82) is 0 Å². The van der Waals surface area contributed by atoms with Crippen LogP contribution in [0.4, 0.5) is 15.8 Å². The maximum atomic E-state index is 13.4. The predicted octanol–water partition coefficient (Wildman–Crippen LogP) is 2.42. The van der Waals surface area contributed by atoms with Gasteiger partial charge in [-0.2, -0.15) is 5.11 Å². The van der Waals surface area contributed by atoms with Crippen molar-refractivity contribution in [1.82, 2.24) is 5.01 Å². The van der Waals surface area contributed by atoms with Crippen LogP contribution in [-0.4, -0.2) is 48.5 Å². The maximum absolute atomic E-state index is 13.4. The number of anilines is 2. The molecule has 4 rings (SSSR count). The number of hydrogen-bond donors (Lipinski definition) is 1. The fourth-order valence-electron chi connectivity index (χ4n) is 3.25. The van der Waals surface area contributed by atoms with Gasteiger partial charge in [-0.05, 0) is 42.5 Å². The van der Waals surface area contributed by atoms with Crippen LogP contribution in [0.15, 0.2) is 52.8 Å². The Balaban J connectivity index is 1.47. The van der Waals surface area contributed by atoms with E-state index in [9.17, 15) is 18.8 Å². The molecular formula is C19H15ClFN5O4. The van der Waals surface area contributed by atoms with Crippen LogP contribution in [0.2, 0.25) is 5.02 Å². The average Bonchev–Trinajstić information content (AvgIpc) is 3.24. The number of carbonyl (C=O) groups is 3. The third-order valence-electron chi connectivity index (χ3n) is 4.70. The minimum absolute atomic E-state index is 0.128. The topological polar surface area (TPSA) is 104 Å². The number of carbonyl (C=O) groups excluding carboxylic acids is 3. The molecule has 2 heterocycles. The van der Waals surface area contributed by atoms with Gasteiger partial charge in [-0.1, -0.05) is 16.8 Å². The first-order chi connectivity index (χ1) is 14.4. The Kier molecular flexibility index (Phi) is 5.08. The van der Waals surface area contributed by atoms with Gasteiger partial charge >= 0.3 is 0 Å². The van der Waals surface area contributed by atoms with Crippen molar-refractivity contribution in [2.45, 2.75) is 12.1 Å². The van der Waals surface area contributed by atoms with Crippen LogP contribution in [0, 0.1) is 5.82 Å². The third kappa shape index (κ3) is 3.45. The van der Waals surface area contributed by atoms with Crippen molar-refractivity contribution in [3.63, 3.8) is 0 Å². The molecule has 154 valence electrons. The predicted molar refractivity (Wildman–Crippen MR) is 105 cm³/mol. The Morgan fingerprint density at radius 3 is 2.60 bits per heavy atom. The van der Waals surface area contributed by atoms with Crippen LogP contribution in [0.1, 0.15) is 0 Å². The normalized spacial score (nSPS) is 20.0. The molecule has 9 nitrogen and oxygen atoms in total. The molecule has 2 aromatic carbocycles.